The van der Waals surface area contributed by atoms with Crippen LogP contribution in [-0.2, 0) is 0 Å². The summed E-state index contributed by atoms with van der Waals surface area (Å²) in [6.07, 6.45) is -6.23. The second kappa shape index (κ2) is 4.98. The average Bonchev–Trinajstić information content (AvgIpc) is 2.17. The summed E-state index contributed by atoms with van der Waals surface area (Å²) in [5.41, 5.74) is 0.654. The Balaban J connectivity index is 2.86. The molecule has 0 spiro atoms. The van der Waals surface area contributed by atoms with E-state index in [9.17, 15) is 13.2 Å². The predicted octanol–water partition coefficient (Wildman–Crippen LogP) is 3.39. The van der Waals surface area contributed by atoms with E-state index in [0.29, 0.717) is 9.14 Å². The van der Waals surface area contributed by atoms with Crippen LogP contribution in [0.4, 0.5) is 13.2 Å². The highest BCUT2D eigenvalue weighted by molar-refractivity contribution is 14.1. The van der Waals surface area contributed by atoms with Crippen molar-refractivity contribution in [3.05, 3.63) is 42.0 Å². The average molecular weight is 328 g/mol. The van der Waals surface area contributed by atoms with E-state index >= 15 is 0 Å². The van der Waals surface area contributed by atoms with Crippen molar-refractivity contribution < 1.29 is 18.3 Å². The van der Waals surface area contributed by atoms with Crippen LogP contribution in [-0.4, -0.2) is 17.4 Å². The standard InChI is InChI=1S/C10H8F3IO/c11-10(12,13)9(15)6-8(14)7-4-2-1-3-5-7/h1-6,9,15H/b8-6+. The highest BCUT2D eigenvalue weighted by Crippen LogP contribution is 2.27. The molecule has 1 aromatic rings. The summed E-state index contributed by atoms with van der Waals surface area (Å²) in [6, 6.07) is 8.58. The van der Waals surface area contributed by atoms with Crippen molar-refractivity contribution >= 4 is 26.2 Å². The Morgan fingerprint density at radius 2 is 1.80 bits per heavy atom. The minimum Gasteiger partial charge on any atom is -0.380 e. The molecular formula is C10H8F3IO. The third-order valence-electron chi connectivity index (χ3n) is 1.69. The smallest absolute Gasteiger partial charge is 0.380 e. The van der Waals surface area contributed by atoms with Gasteiger partial charge >= 0.3 is 6.18 Å². The number of halogens is 4. The van der Waals surface area contributed by atoms with Gasteiger partial charge in [0.1, 0.15) is 0 Å². The van der Waals surface area contributed by atoms with E-state index in [0.717, 1.165) is 6.08 Å². The predicted molar refractivity (Wildman–Crippen MR) is 60.5 cm³/mol. The molecule has 1 aromatic carbocycles. The first kappa shape index (κ1) is 12.5. The third kappa shape index (κ3) is 3.83. The van der Waals surface area contributed by atoms with Crippen molar-refractivity contribution in [2.75, 3.05) is 0 Å². The lowest BCUT2D eigenvalue weighted by atomic mass is 10.2. The highest BCUT2D eigenvalue weighted by atomic mass is 127. The van der Waals surface area contributed by atoms with Gasteiger partial charge in [0.15, 0.2) is 6.10 Å². The van der Waals surface area contributed by atoms with E-state index in [1.165, 1.54) is 0 Å². The summed E-state index contributed by atoms with van der Waals surface area (Å²) < 4.78 is 36.5. The third-order valence-corrected chi connectivity index (χ3v) is 2.67. The lowest BCUT2D eigenvalue weighted by Crippen LogP contribution is -2.26. The molecule has 0 amide bonds. The van der Waals surface area contributed by atoms with Crippen molar-refractivity contribution in [3.8, 4) is 0 Å². The maximum absolute atomic E-state index is 12.0. The number of hydrogen-bond acceptors (Lipinski definition) is 1. The van der Waals surface area contributed by atoms with Crippen LogP contribution in [0.3, 0.4) is 0 Å². The zero-order valence-electron chi connectivity index (χ0n) is 7.50. The Morgan fingerprint density at radius 1 is 1.27 bits per heavy atom. The lowest BCUT2D eigenvalue weighted by molar-refractivity contribution is -0.187. The van der Waals surface area contributed by atoms with Crippen molar-refractivity contribution in [2.45, 2.75) is 12.3 Å². The maximum Gasteiger partial charge on any atom is 0.418 e. The van der Waals surface area contributed by atoms with Gasteiger partial charge in [-0.25, -0.2) is 0 Å². The molecular weight excluding hydrogens is 320 g/mol. The van der Waals surface area contributed by atoms with Crippen LogP contribution in [0, 0.1) is 0 Å². The number of benzene rings is 1. The van der Waals surface area contributed by atoms with E-state index in [1.807, 2.05) is 0 Å². The van der Waals surface area contributed by atoms with Gasteiger partial charge in [-0.1, -0.05) is 30.3 Å². The second-order valence-electron chi connectivity index (χ2n) is 2.87. The summed E-state index contributed by atoms with van der Waals surface area (Å²) in [5.74, 6) is 0. The molecule has 5 heteroatoms. The second-order valence-corrected chi connectivity index (χ2v) is 4.03. The molecule has 1 nitrogen and oxygen atoms in total. The molecule has 1 atom stereocenters. The van der Waals surface area contributed by atoms with Gasteiger partial charge < -0.3 is 5.11 Å². The number of hydrogen-bond donors (Lipinski definition) is 1. The topological polar surface area (TPSA) is 20.2 Å². The summed E-state index contributed by atoms with van der Waals surface area (Å²) >= 11 is 1.76. The molecule has 0 bridgehead atoms. The normalized spacial score (nSPS) is 15.1. The minimum absolute atomic E-state index is 0.373. The molecule has 0 aromatic heterocycles. The van der Waals surface area contributed by atoms with Crippen LogP contribution in [0.25, 0.3) is 3.58 Å². The molecule has 0 saturated carbocycles. The van der Waals surface area contributed by atoms with Gasteiger partial charge in [0.25, 0.3) is 0 Å². The van der Waals surface area contributed by atoms with Crippen LogP contribution >= 0.6 is 22.6 Å². The molecule has 0 fully saturated rings. The minimum atomic E-state index is -4.61. The molecule has 0 aliphatic carbocycles. The van der Waals surface area contributed by atoms with Crippen LogP contribution in [0.15, 0.2) is 36.4 Å². The summed E-state index contributed by atoms with van der Waals surface area (Å²) in [6.45, 7) is 0. The monoisotopic (exact) mass is 328 g/mol. The summed E-state index contributed by atoms with van der Waals surface area (Å²) in [5, 5.41) is 8.81. The quantitative estimate of drug-likeness (QED) is 0.825. The zero-order chi connectivity index (χ0) is 11.5. The maximum atomic E-state index is 12.0. The van der Waals surface area contributed by atoms with Gasteiger partial charge in [0.2, 0.25) is 0 Å². The fourth-order valence-electron chi connectivity index (χ4n) is 0.927. The number of aliphatic hydroxyl groups is 1. The molecule has 0 saturated heterocycles. The summed E-state index contributed by atoms with van der Waals surface area (Å²) in [4.78, 5) is 0. The van der Waals surface area contributed by atoms with Gasteiger partial charge in [-0.2, -0.15) is 13.2 Å². The van der Waals surface area contributed by atoms with Crippen molar-refractivity contribution in [2.24, 2.45) is 0 Å². The van der Waals surface area contributed by atoms with Gasteiger partial charge in [-0.3, -0.25) is 0 Å². The largest absolute Gasteiger partial charge is 0.418 e. The molecule has 15 heavy (non-hydrogen) atoms. The van der Waals surface area contributed by atoms with Crippen LogP contribution in [0.5, 0.6) is 0 Å². The number of aliphatic hydroxyl groups excluding tert-OH is 1. The number of rotatable bonds is 2. The molecule has 82 valence electrons. The molecule has 1 unspecified atom stereocenters. The zero-order valence-corrected chi connectivity index (χ0v) is 9.66. The number of alkyl halides is 3. The molecule has 0 aliphatic heterocycles. The Bertz CT molecular complexity index is 345. The van der Waals surface area contributed by atoms with Gasteiger partial charge in [-0.15, -0.1) is 0 Å². The Kier molecular flexibility index (Phi) is 4.15. The molecule has 1 N–H and O–H groups in total. The highest BCUT2D eigenvalue weighted by Gasteiger charge is 2.36. The first-order valence-corrected chi connectivity index (χ1v) is 5.16. The van der Waals surface area contributed by atoms with E-state index in [1.54, 1.807) is 52.9 Å². The van der Waals surface area contributed by atoms with Gasteiger partial charge in [0, 0.05) is 3.58 Å². The SMILES string of the molecule is OC(/C=C(/I)c1ccccc1)C(F)(F)F. The van der Waals surface area contributed by atoms with Crippen molar-refractivity contribution in [1.82, 2.24) is 0 Å². The first-order valence-electron chi connectivity index (χ1n) is 4.09. The summed E-state index contributed by atoms with van der Waals surface area (Å²) in [7, 11) is 0. The Hall–Kier alpha value is -0.560. The fourth-order valence-corrected chi connectivity index (χ4v) is 1.63. The van der Waals surface area contributed by atoms with E-state index in [-0.39, 0.29) is 0 Å². The van der Waals surface area contributed by atoms with Gasteiger partial charge in [-0.05, 0) is 34.2 Å². The lowest BCUT2D eigenvalue weighted by Gasteiger charge is -2.11. The molecule has 0 radical (unpaired) electrons. The molecule has 1 rings (SSSR count). The van der Waals surface area contributed by atoms with E-state index in [4.69, 9.17) is 5.11 Å². The van der Waals surface area contributed by atoms with Crippen LogP contribution < -0.4 is 0 Å². The Morgan fingerprint density at radius 3 is 2.27 bits per heavy atom. The first-order chi connectivity index (χ1) is 6.91. The van der Waals surface area contributed by atoms with Gasteiger partial charge in [0.05, 0.1) is 0 Å². The van der Waals surface area contributed by atoms with E-state index < -0.39 is 12.3 Å². The van der Waals surface area contributed by atoms with Crippen molar-refractivity contribution in [1.29, 1.82) is 0 Å². The van der Waals surface area contributed by atoms with Crippen LogP contribution in [0.2, 0.25) is 0 Å². The fraction of sp³-hybridized carbons (Fsp3) is 0.200. The molecule has 0 aliphatic rings. The molecule has 0 heterocycles. The van der Waals surface area contributed by atoms with E-state index in [2.05, 4.69) is 0 Å². The van der Waals surface area contributed by atoms with Crippen molar-refractivity contribution in [3.63, 3.8) is 0 Å². The van der Waals surface area contributed by atoms with Crippen LogP contribution in [0.1, 0.15) is 5.56 Å². The Labute approximate surface area is 98.8 Å².